The standard InChI is InChI=1S/C28H12BrCl4F11N2O5/c29-14-8-11(24(38,27(39,40)41)28(42,43)44)9-16(50-23(36)37)18(14)45-20(47)13-2-1-3-15(17(13)35)46(21(48)10-4-6-12(34)7-5-10)51-22(49)19-25(30,31)26(19,32)33/h1-9,19,23H,(H,45,47). The molecule has 1 fully saturated rings. The minimum atomic E-state index is -6.68. The SMILES string of the molecule is O=C(Nc1c(Br)cc(C(F)(C(F)(F)F)C(F)(F)F)cc1OC(F)F)c1cccc(N(OC(=O)C2C(Cl)(Cl)C2(Cl)Cl)C(=O)c2ccc(F)cc2)c1F. The third kappa shape index (κ3) is 7.49. The molecule has 23 heteroatoms. The van der Waals surface area contributed by atoms with Crippen molar-refractivity contribution >= 4 is 91.5 Å². The van der Waals surface area contributed by atoms with Crippen LogP contribution in [0.2, 0.25) is 0 Å². The molecule has 0 heterocycles. The lowest BCUT2D eigenvalue weighted by Crippen LogP contribution is -2.50. The third-order valence-corrected chi connectivity index (χ3v) is 9.99. The molecule has 1 saturated carbocycles. The van der Waals surface area contributed by atoms with E-state index in [1.165, 1.54) is 0 Å². The highest BCUT2D eigenvalue weighted by Crippen LogP contribution is 2.69. The normalized spacial score (nSPS) is 15.7. The number of hydrogen-bond donors (Lipinski definition) is 1. The van der Waals surface area contributed by atoms with E-state index < -0.39 is 113 Å². The second kappa shape index (κ2) is 13.9. The van der Waals surface area contributed by atoms with E-state index in [0.717, 1.165) is 36.4 Å². The number of nitrogens with zero attached hydrogens (tertiary/aromatic N) is 1. The Labute approximate surface area is 305 Å². The van der Waals surface area contributed by atoms with Crippen LogP contribution in [0.1, 0.15) is 26.3 Å². The molecule has 3 aromatic carbocycles. The van der Waals surface area contributed by atoms with Crippen LogP contribution in [-0.2, 0) is 15.3 Å². The minimum Gasteiger partial charge on any atom is -0.433 e. The van der Waals surface area contributed by atoms with Crippen molar-refractivity contribution in [1.29, 1.82) is 0 Å². The summed E-state index contributed by atoms with van der Waals surface area (Å²) in [5.74, 6) is -10.6. The zero-order valence-electron chi connectivity index (χ0n) is 23.9. The summed E-state index contributed by atoms with van der Waals surface area (Å²) in [6.45, 7) is -3.97. The van der Waals surface area contributed by atoms with E-state index in [1.54, 1.807) is 5.32 Å². The molecule has 0 aliphatic heterocycles. The minimum absolute atomic E-state index is 0.0428. The molecule has 1 N–H and O–H groups in total. The number of nitrogens with one attached hydrogen (secondary N) is 1. The molecule has 0 saturated heterocycles. The quantitative estimate of drug-likeness (QED) is 0.138. The predicted molar refractivity (Wildman–Crippen MR) is 162 cm³/mol. The molecule has 7 nitrogen and oxygen atoms in total. The average molecular weight is 887 g/mol. The van der Waals surface area contributed by atoms with Gasteiger partial charge in [-0.3, -0.25) is 9.59 Å². The van der Waals surface area contributed by atoms with Crippen molar-refractivity contribution in [1.82, 2.24) is 0 Å². The molecule has 1 aliphatic carbocycles. The van der Waals surface area contributed by atoms with Crippen LogP contribution in [0, 0.1) is 17.6 Å². The molecule has 4 rings (SSSR count). The van der Waals surface area contributed by atoms with Crippen molar-refractivity contribution in [2.75, 3.05) is 10.4 Å². The molecule has 0 unspecified atom stereocenters. The van der Waals surface area contributed by atoms with Gasteiger partial charge in [0.25, 0.3) is 11.8 Å². The van der Waals surface area contributed by atoms with Gasteiger partial charge in [-0.25, -0.2) is 18.0 Å². The van der Waals surface area contributed by atoms with Gasteiger partial charge in [0.2, 0.25) is 0 Å². The number of hydrogen-bond acceptors (Lipinski definition) is 5. The third-order valence-electron chi connectivity index (χ3n) is 6.91. The number of amides is 2. The number of ether oxygens (including phenoxy) is 1. The summed E-state index contributed by atoms with van der Waals surface area (Å²) in [4.78, 5) is 44.5. The van der Waals surface area contributed by atoms with Crippen molar-refractivity contribution in [3.63, 3.8) is 0 Å². The summed E-state index contributed by atoms with van der Waals surface area (Å²) in [6, 6.07) is 5.06. The van der Waals surface area contributed by atoms with Gasteiger partial charge in [0.15, 0.2) is 20.2 Å². The van der Waals surface area contributed by atoms with Gasteiger partial charge in [0, 0.05) is 15.6 Å². The van der Waals surface area contributed by atoms with Crippen LogP contribution in [0.5, 0.6) is 5.75 Å². The van der Waals surface area contributed by atoms with Crippen molar-refractivity contribution in [2.45, 2.75) is 33.3 Å². The number of hydroxylamine groups is 1. The highest BCUT2D eigenvalue weighted by molar-refractivity contribution is 9.10. The summed E-state index contributed by atoms with van der Waals surface area (Å²) >= 11 is 26.0. The summed E-state index contributed by atoms with van der Waals surface area (Å²) in [7, 11) is 0. The Balaban J connectivity index is 1.78. The van der Waals surface area contributed by atoms with Crippen LogP contribution in [0.25, 0.3) is 0 Å². The fraction of sp³-hybridized carbons (Fsp3) is 0.250. The van der Waals surface area contributed by atoms with Gasteiger partial charge in [-0.1, -0.05) is 52.5 Å². The van der Waals surface area contributed by atoms with E-state index in [4.69, 9.17) is 51.2 Å². The molecule has 0 bridgehead atoms. The highest BCUT2D eigenvalue weighted by atomic mass is 79.9. The van der Waals surface area contributed by atoms with Crippen LogP contribution >= 0.6 is 62.3 Å². The van der Waals surface area contributed by atoms with Gasteiger partial charge in [0.1, 0.15) is 17.4 Å². The number of alkyl halides is 13. The van der Waals surface area contributed by atoms with Gasteiger partial charge in [-0.2, -0.15) is 35.1 Å². The Morgan fingerprint density at radius 1 is 0.863 bits per heavy atom. The molecule has 1 aliphatic rings. The first-order valence-corrected chi connectivity index (χ1v) is 15.4. The number of carbonyl (C=O) groups is 3. The second-order valence-electron chi connectivity index (χ2n) is 10.2. The maximum absolute atomic E-state index is 16.0. The van der Waals surface area contributed by atoms with Crippen molar-refractivity contribution < 1.29 is 72.3 Å². The van der Waals surface area contributed by atoms with E-state index in [2.05, 4.69) is 20.7 Å². The van der Waals surface area contributed by atoms with E-state index in [9.17, 15) is 58.3 Å². The molecule has 276 valence electrons. The lowest BCUT2D eigenvalue weighted by atomic mass is 9.93. The van der Waals surface area contributed by atoms with Crippen molar-refractivity contribution in [3.05, 3.63) is 87.4 Å². The van der Waals surface area contributed by atoms with Gasteiger partial charge >= 0.3 is 30.6 Å². The maximum atomic E-state index is 16.0. The first-order valence-electron chi connectivity index (χ1n) is 13.1. The first kappa shape index (κ1) is 40.5. The van der Waals surface area contributed by atoms with Crippen LogP contribution in [0.15, 0.2) is 59.1 Å². The van der Waals surface area contributed by atoms with Gasteiger partial charge < -0.3 is 14.9 Å². The molecule has 2 amide bonds. The molecule has 0 atom stereocenters. The van der Waals surface area contributed by atoms with Crippen molar-refractivity contribution in [3.8, 4) is 5.75 Å². The molecule has 0 spiro atoms. The van der Waals surface area contributed by atoms with Gasteiger partial charge in [-0.05, 0) is 64.5 Å². The lowest BCUT2D eigenvalue weighted by molar-refractivity contribution is -0.348. The van der Waals surface area contributed by atoms with Gasteiger partial charge in [-0.15, -0.1) is 5.06 Å². The Kier molecular flexibility index (Phi) is 11.1. The highest BCUT2D eigenvalue weighted by Gasteiger charge is 2.80. The summed E-state index contributed by atoms with van der Waals surface area (Å²) < 4.78 is 149. The monoisotopic (exact) mass is 884 g/mol. The lowest BCUT2D eigenvalue weighted by Gasteiger charge is -2.31. The first-order chi connectivity index (χ1) is 23.3. The van der Waals surface area contributed by atoms with Crippen LogP contribution in [0.3, 0.4) is 0 Å². The zero-order valence-corrected chi connectivity index (χ0v) is 28.5. The topological polar surface area (TPSA) is 84.9 Å². The van der Waals surface area contributed by atoms with Crippen molar-refractivity contribution in [2.24, 2.45) is 5.92 Å². The molecular weight excluding hydrogens is 875 g/mol. The van der Waals surface area contributed by atoms with Crippen LogP contribution in [0.4, 0.5) is 59.7 Å². The van der Waals surface area contributed by atoms with Crippen LogP contribution < -0.4 is 15.1 Å². The number of anilines is 2. The Morgan fingerprint density at radius 2 is 1.41 bits per heavy atom. The Hall–Kier alpha value is -3.26. The fourth-order valence-electron chi connectivity index (χ4n) is 4.30. The Bertz CT molecular complexity index is 1850. The van der Waals surface area contributed by atoms with E-state index in [-0.39, 0.29) is 11.1 Å². The summed E-state index contributed by atoms with van der Waals surface area (Å²) in [6.07, 6.45) is -13.4. The molecular formula is C28H12BrCl4F11N2O5. The fourth-order valence-corrected chi connectivity index (χ4v) is 6.30. The van der Waals surface area contributed by atoms with Crippen LogP contribution in [-0.4, -0.2) is 45.4 Å². The smallest absolute Gasteiger partial charge is 0.433 e. The zero-order chi connectivity index (χ0) is 38.6. The number of carbonyl (C=O) groups excluding carboxylic acids is 3. The molecule has 0 aromatic heterocycles. The number of rotatable bonds is 8. The van der Waals surface area contributed by atoms with Gasteiger partial charge in [0.05, 0.1) is 11.3 Å². The summed E-state index contributed by atoms with van der Waals surface area (Å²) in [5, 5.41) is 1.69. The van der Waals surface area contributed by atoms with E-state index in [0.29, 0.717) is 6.07 Å². The predicted octanol–water partition coefficient (Wildman–Crippen LogP) is 9.95. The summed E-state index contributed by atoms with van der Waals surface area (Å²) in [5.41, 5.74) is -12.2. The Morgan fingerprint density at radius 3 is 1.90 bits per heavy atom. The number of benzene rings is 3. The maximum Gasteiger partial charge on any atom is 0.435 e. The largest absolute Gasteiger partial charge is 0.435 e. The van der Waals surface area contributed by atoms with E-state index >= 15 is 4.39 Å². The second-order valence-corrected chi connectivity index (χ2v) is 13.8. The molecule has 51 heavy (non-hydrogen) atoms. The number of halogens is 16. The molecule has 3 aromatic rings. The average Bonchev–Trinajstić information content (AvgIpc) is 3.42. The molecule has 0 radical (unpaired) electrons. The van der Waals surface area contributed by atoms with E-state index in [1.807, 2.05) is 0 Å².